The Balaban J connectivity index is 1.32. The fraction of sp³-hybridized carbons (Fsp3) is 0.0870. The number of thiophene rings is 1. The van der Waals surface area contributed by atoms with E-state index < -0.39 is 11.7 Å². The number of nitrogens with zero attached hydrogens (tertiary/aromatic N) is 1. The summed E-state index contributed by atoms with van der Waals surface area (Å²) in [7, 11) is 0. The molecule has 4 aromatic rings. The predicted octanol–water partition coefficient (Wildman–Crippen LogP) is 6.38. The molecule has 2 aromatic heterocycles. The van der Waals surface area contributed by atoms with Gasteiger partial charge in [-0.2, -0.15) is 0 Å². The van der Waals surface area contributed by atoms with E-state index in [-0.39, 0.29) is 16.7 Å². The second-order valence-corrected chi connectivity index (χ2v) is 9.94. The third-order valence-corrected chi connectivity index (χ3v) is 7.18. The van der Waals surface area contributed by atoms with E-state index in [0.717, 1.165) is 15.5 Å². The Hall–Kier alpha value is -3.01. The Kier molecular flexibility index (Phi) is 6.99. The van der Waals surface area contributed by atoms with E-state index in [4.69, 9.17) is 0 Å². The van der Waals surface area contributed by atoms with Gasteiger partial charge < -0.3 is 10.6 Å². The summed E-state index contributed by atoms with van der Waals surface area (Å²) in [6.45, 7) is 1.82. The molecular weight excluding hydrogens is 465 g/mol. The summed E-state index contributed by atoms with van der Waals surface area (Å²) in [5, 5.41) is 9.68. The molecule has 0 fully saturated rings. The lowest BCUT2D eigenvalue weighted by Gasteiger charge is -2.11. The van der Waals surface area contributed by atoms with Crippen LogP contribution in [0.15, 0.2) is 76.3 Å². The molecule has 0 saturated heterocycles. The number of amides is 2. The minimum atomic E-state index is -0.570. The highest BCUT2D eigenvalue weighted by Crippen LogP contribution is 2.30. The van der Waals surface area contributed by atoms with E-state index >= 15 is 0 Å². The molecule has 2 amide bonds. The lowest BCUT2D eigenvalue weighted by Crippen LogP contribution is -2.22. The maximum atomic E-state index is 13.7. The summed E-state index contributed by atoms with van der Waals surface area (Å²) in [4.78, 5) is 31.2. The van der Waals surface area contributed by atoms with Crippen molar-refractivity contribution in [1.29, 1.82) is 0 Å². The van der Waals surface area contributed by atoms with Gasteiger partial charge in [-0.15, -0.1) is 34.4 Å². The molecule has 4 rings (SSSR count). The lowest BCUT2D eigenvalue weighted by atomic mass is 10.2. The van der Waals surface area contributed by atoms with Gasteiger partial charge in [-0.25, -0.2) is 9.37 Å². The standard InChI is InChI=1S/C23H18FN3O2S3/c1-14(21(28)27-23-26-19(13-31-23)20-7-4-12-30-20)32-16-10-8-15(9-11-16)25-22(29)17-5-2-3-6-18(17)24/h2-14H,1H3,(H,25,29)(H,26,27,28). The quantitative estimate of drug-likeness (QED) is 0.299. The molecule has 32 heavy (non-hydrogen) atoms. The molecule has 0 bridgehead atoms. The predicted molar refractivity (Wildman–Crippen MR) is 130 cm³/mol. The highest BCUT2D eigenvalue weighted by Gasteiger charge is 2.17. The van der Waals surface area contributed by atoms with Crippen molar-refractivity contribution < 1.29 is 14.0 Å². The van der Waals surface area contributed by atoms with Crippen molar-refractivity contribution in [3.63, 3.8) is 0 Å². The first kappa shape index (κ1) is 22.2. The molecule has 1 atom stereocenters. The molecule has 0 radical (unpaired) electrons. The minimum Gasteiger partial charge on any atom is -0.322 e. The van der Waals surface area contributed by atoms with E-state index in [1.165, 1.54) is 41.3 Å². The van der Waals surface area contributed by atoms with Gasteiger partial charge in [-0.05, 0) is 54.8 Å². The van der Waals surface area contributed by atoms with Crippen LogP contribution in [0.25, 0.3) is 10.6 Å². The number of benzene rings is 2. The smallest absolute Gasteiger partial charge is 0.258 e. The zero-order chi connectivity index (χ0) is 22.5. The summed E-state index contributed by atoms with van der Waals surface area (Å²) in [6, 6.07) is 16.8. The topological polar surface area (TPSA) is 71.1 Å². The van der Waals surface area contributed by atoms with Gasteiger partial charge >= 0.3 is 0 Å². The van der Waals surface area contributed by atoms with Crippen LogP contribution in [0.3, 0.4) is 0 Å². The number of carbonyl (C=O) groups excluding carboxylic acids is 2. The second-order valence-electron chi connectivity index (χ2n) is 6.72. The first-order valence-electron chi connectivity index (χ1n) is 9.62. The van der Waals surface area contributed by atoms with Crippen LogP contribution in [0.1, 0.15) is 17.3 Å². The SMILES string of the molecule is CC(Sc1ccc(NC(=O)c2ccccc2F)cc1)C(=O)Nc1nc(-c2cccs2)cs1. The maximum absolute atomic E-state index is 13.7. The van der Waals surface area contributed by atoms with Gasteiger partial charge in [-0.3, -0.25) is 9.59 Å². The number of carbonyl (C=O) groups is 2. The average Bonchev–Trinajstić information content (AvgIpc) is 3.47. The average molecular weight is 484 g/mol. The molecular formula is C23H18FN3O2S3. The normalized spacial score (nSPS) is 11.7. The molecule has 0 spiro atoms. The number of thioether (sulfide) groups is 1. The van der Waals surface area contributed by atoms with Crippen molar-refractivity contribution in [2.24, 2.45) is 0 Å². The number of rotatable bonds is 7. The van der Waals surface area contributed by atoms with Crippen LogP contribution in [-0.2, 0) is 4.79 Å². The monoisotopic (exact) mass is 483 g/mol. The fourth-order valence-electron chi connectivity index (χ4n) is 2.79. The first-order valence-corrected chi connectivity index (χ1v) is 12.3. The van der Waals surface area contributed by atoms with Crippen molar-refractivity contribution in [2.75, 3.05) is 10.6 Å². The maximum Gasteiger partial charge on any atom is 0.258 e. The van der Waals surface area contributed by atoms with Crippen molar-refractivity contribution in [3.05, 3.63) is 82.8 Å². The summed E-state index contributed by atoms with van der Waals surface area (Å²) in [6.07, 6.45) is 0. The van der Waals surface area contributed by atoms with Crippen LogP contribution >= 0.6 is 34.4 Å². The molecule has 0 aliphatic rings. The molecule has 1 unspecified atom stereocenters. The minimum absolute atomic E-state index is 0.0133. The Bertz CT molecular complexity index is 1220. The molecule has 2 N–H and O–H groups in total. The molecule has 2 aromatic carbocycles. The largest absolute Gasteiger partial charge is 0.322 e. The molecule has 0 aliphatic carbocycles. The van der Waals surface area contributed by atoms with Gasteiger partial charge in [0.05, 0.1) is 21.4 Å². The molecule has 0 saturated carbocycles. The second kappa shape index (κ2) is 10.1. The van der Waals surface area contributed by atoms with Gasteiger partial charge in [0, 0.05) is 16.0 Å². The fourth-order valence-corrected chi connectivity index (χ4v) is 5.14. The number of hydrogen-bond donors (Lipinski definition) is 2. The lowest BCUT2D eigenvalue weighted by molar-refractivity contribution is -0.115. The molecule has 9 heteroatoms. The van der Waals surface area contributed by atoms with E-state index in [2.05, 4.69) is 15.6 Å². The first-order chi connectivity index (χ1) is 15.5. The number of hydrogen-bond acceptors (Lipinski definition) is 6. The van der Waals surface area contributed by atoms with E-state index in [1.54, 1.807) is 29.5 Å². The number of thiazole rings is 1. The van der Waals surface area contributed by atoms with E-state index in [9.17, 15) is 14.0 Å². The van der Waals surface area contributed by atoms with Crippen molar-refractivity contribution in [3.8, 4) is 10.6 Å². The molecule has 2 heterocycles. The molecule has 162 valence electrons. The third kappa shape index (κ3) is 5.42. The number of halogens is 1. The zero-order valence-electron chi connectivity index (χ0n) is 16.9. The van der Waals surface area contributed by atoms with Crippen LogP contribution in [0.5, 0.6) is 0 Å². The Labute approximate surface area is 196 Å². The zero-order valence-corrected chi connectivity index (χ0v) is 19.3. The van der Waals surface area contributed by atoms with Crippen molar-refractivity contribution >= 4 is 57.1 Å². The number of aromatic nitrogens is 1. The summed E-state index contributed by atoms with van der Waals surface area (Å²) in [5.41, 5.74) is 1.39. The molecule has 0 aliphatic heterocycles. The number of anilines is 2. The van der Waals surface area contributed by atoms with Crippen LogP contribution < -0.4 is 10.6 Å². The highest BCUT2D eigenvalue weighted by molar-refractivity contribution is 8.00. The Morgan fingerprint density at radius 1 is 1.00 bits per heavy atom. The summed E-state index contributed by atoms with van der Waals surface area (Å²) in [5.74, 6) is -1.22. The Morgan fingerprint density at radius 2 is 1.78 bits per heavy atom. The molecule has 5 nitrogen and oxygen atoms in total. The van der Waals surface area contributed by atoms with E-state index in [1.807, 2.05) is 41.9 Å². The van der Waals surface area contributed by atoms with Gasteiger partial charge in [0.25, 0.3) is 5.91 Å². The summed E-state index contributed by atoms with van der Waals surface area (Å²) >= 11 is 4.39. The van der Waals surface area contributed by atoms with Crippen molar-refractivity contribution in [1.82, 2.24) is 4.98 Å². The van der Waals surface area contributed by atoms with Gasteiger partial charge in [0.2, 0.25) is 5.91 Å². The van der Waals surface area contributed by atoms with Gasteiger partial charge in [-0.1, -0.05) is 18.2 Å². The van der Waals surface area contributed by atoms with Gasteiger partial charge in [0.1, 0.15) is 5.82 Å². The van der Waals surface area contributed by atoms with Crippen LogP contribution in [0.2, 0.25) is 0 Å². The third-order valence-electron chi connectivity index (χ3n) is 4.42. The van der Waals surface area contributed by atoms with E-state index in [0.29, 0.717) is 10.8 Å². The highest BCUT2D eigenvalue weighted by atomic mass is 32.2. The van der Waals surface area contributed by atoms with Crippen molar-refractivity contribution in [2.45, 2.75) is 17.1 Å². The van der Waals surface area contributed by atoms with Gasteiger partial charge in [0.15, 0.2) is 5.13 Å². The van der Waals surface area contributed by atoms with Crippen LogP contribution in [0.4, 0.5) is 15.2 Å². The Morgan fingerprint density at radius 3 is 2.50 bits per heavy atom. The van der Waals surface area contributed by atoms with Crippen LogP contribution in [-0.4, -0.2) is 22.0 Å². The van der Waals surface area contributed by atoms with Crippen LogP contribution in [0, 0.1) is 5.82 Å². The summed E-state index contributed by atoms with van der Waals surface area (Å²) < 4.78 is 13.7. The number of nitrogens with one attached hydrogen (secondary N) is 2.